The van der Waals surface area contributed by atoms with E-state index in [1.54, 1.807) is 13.0 Å². The van der Waals surface area contributed by atoms with E-state index in [0.717, 1.165) is 17.8 Å². The molecule has 0 aliphatic rings. The first kappa shape index (κ1) is 16.7. The lowest BCUT2D eigenvalue weighted by Crippen LogP contribution is -2.03. The van der Waals surface area contributed by atoms with Crippen LogP contribution >= 0.6 is 27.7 Å². The summed E-state index contributed by atoms with van der Waals surface area (Å²) < 4.78 is 41.7. The van der Waals surface area contributed by atoms with Crippen LogP contribution in [-0.4, -0.2) is 0 Å². The van der Waals surface area contributed by atoms with Crippen molar-refractivity contribution in [2.24, 2.45) is 0 Å². The van der Waals surface area contributed by atoms with Gasteiger partial charge in [0, 0.05) is 9.37 Å². The highest BCUT2D eigenvalue weighted by Gasteiger charge is 2.22. The number of anilines is 1. The average molecular weight is 387 g/mol. The maximum absolute atomic E-state index is 14.1. The highest BCUT2D eigenvalue weighted by molar-refractivity contribution is 9.10. The highest BCUT2D eigenvalue weighted by atomic mass is 79.9. The largest absolute Gasteiger partial charge is 0.396 e. The third-order valence-electron chi connectivity index (χ3n) is 3.05. The van der Waals surface area contributed by atoms with E-state index < -0.39 is 17.5 Å². The zero-order valence-corrected chi connectivity index (χ0v) is 13.8. The van der Waals surface area contributed by atoms with Gasteiger partial charge in [0.1, 0.15) is 11.9 Å². The first-order valence-corrected chi connectivity index (χ1v) is 7.83. The van der Waals surface area contributed by atoms with Gasteiger partial charge in [0.15, 0.2) is 11.6 Å². The number of nitrogens with two attached hydrogens (primary N) is 1. The minimum atomic E-state index is -1.11. The predicted molar refractivity (Wildman–Crippen MR) is 83.1 cm³/mol. The number of benzene rings is 2. The summed E-state index contributed by atoms with van der Waals surface area (Å²) in [5.41, 5.74) is 5.65. The van der Waals surface area contributed by atoms with Gasteiger partial charge in [-0.05, 0) is 46.1 Å². The summed E-state index contributed by atoms with van der Waals surface area (Å²) in [6, 6.07) is 5.50. The molecule has 2 N–H and O–H groups in total. The van der Waals surface area contributed by atoms with Gasteiger partial charge in [-0.2, -0.15) is 5.26 Å². The van der Waals surface area contributed by atoms with Crippen molar-refractivity contribution >= 4 is 33.4 Å². The molecule has 0 saturated heterocycles. The number of hydrogen-bond donors (Lipinski definition) is 1. The first-order chi connectivity index (χ1) is 10.4. The molecule has 0 unspecified atom stereocenters. The summed E-state index contributed by atoms with van der Waals surface area (Å²) in [6.07, 6.45) is 0.421. The van der Waals surface area contributed by atoms with Gasteiger partial charge < -0.3 is 5.73 Å². The molecular formula is C15H10BrF3N2S. The van der Waals surface area contributed by atoms with Crippen LogP contribution in [0.1, 0.15) is 18.1 Å². The lowest BCUT2D eigenvalue weighted by atomic mass is 10.1. The molecule has 7 heteroatoms. The van der Waals surface area contributed by atoms with Crippen molar-refractivity contribution in [3.05, 3.63) is 51.3 Å². The summed E-state index contributed by atoms with van der Waals surface area (Å²) in [4.78, 5) is 0.433. The van der Waals surface area contributed by atoms with Crippen LogP contribution in [0.3, 0.4) is 0 Å². The van der Waals surface area contributed by atoms with Crippen LogP contribution in [0.2, 0.25) is 0 Å². The van der Waals surface area contributed by atoms with Gasteiger partial charge in [-0.1, -0.05) is 18.7 Å². The van der Waals surface area contributed by atoms with Crippen LogP contribution < -0.4 is 5.73 Å². The van der Waals surface area contributed by atoms with Crippen molar-refractivity contribution in [2.75, 3.05) is 5.73 Å². The third-order valence-corrected chi connectivity index (χ3v) is 5.26. The Labute approximate surface area is 138 Å². The molecular weight excluding hydrogens is 377 g/mol. The van der Waals surface area contributed by atoms with E-state index in [1.807, 2.05) is 0 Å². The molecule has 0 saturated carbocycles. The number of nitrogens with zero attached hydrogens (tertiary/aromatic N) is 1. The van der Waals surface area contributed by atoms with Gasteiger partial charge in [0.05, 0.1) is 16.1 Å². The van der Waals surface area contributed by atoms with Gasteiger partial charge in [0.2, 0.25) is 0 Å². The van der Waals surface area contributed by atoms with Gasteiger partial charge in [-0.3, -0.25) is 0 Å². The van der Waals surface area contributed by atoms with E-state index in [-0.39, 0.29) is 16.1 Å². The van der Waals surface area contributed by atoms with Gasteiger partial charge in [-0.15, -0.1) is 0 Å². The molecule has 0 radical (unpaired) electrons. The summed E-state index contributed by atoms with van der Waals surface area (Å²) >= 11 is 4.13. The van der Waals surface area contributed by atoms with E-state index in [0.29, 0.717) is 21.4 Å². The molecule has 0 heterocycles. The van der Waals surface area contributed by atoms with E-state index in [9.17, 15) is 13.2 Å². The zero-order valence-electron chi connectivity index (χ0n) is 11.4. The fourth-order valence-corrected chi connectivity index (χ4v) is 3.76. The Morgan fingerprint density at radius 2 is 1.95 bits per heavy atom. The first-order valence-electron chi connectivity index (χ1n) is 6.23. The second-order valence-corrected chi connectivity index (χ2v) is 6.25. The van der Waals surface area contributed by atoms with Gasteiger partial charge in [0.25, 0.3) is 0 Å². The smallest absolute Gasteiger partial charge is 0.183 e. The molecule has 114 valence electrons. The Kier molecular flexibility index (Phi) is 5.04. The quantitative estimate of drug-likeness (QED) is 0.594. The van der Waals surface area contributed by atoms with Crippen molar-refractivity contribution in [3.8, 4) is 6.07 Å². The van der Waals surface area contributed by atoms with Crippen LogP contribution in [0.5, 0.6) is 0 Å². The van der Waals surface area contributed by atoms with Crippen LogP contribution in [0, 0.1) is 28.8 Å². The molecule has 2 rings (SSSR count). The van der Waals surface area contributed by atoms with Crippen molar-refractivity contribution < 1.29 is 13.2 Å². The monoisotopic (exact) mass is 386 g/mol. The fourth-order valence-electron chi connectivity index (χ4n) is 1.91. The van der Waals surface area contributed by atoms with Crippen LogP contribution in [0.15, 0.2) is 32.5 Å². The van der Waals surface area contributed by atoms with Crippen molar-refractivity contribution in [3.63, 3.8) is 0 Å². The molecule has 0 amide bonds. The Hall–Kier alpha value is -1.65. The second-order valence-electron chi connectivity index (χ2n) is 4.37. The number of halogens is 4. The normalized spacial score (nSPS) is 10.5. The predicted octanol–water partition coefficient (Wildman–Crippen LogP) is 5.03. The molecule has 0 fully saturated rings. The van der Waals surface area contributed by atoms with E-state index >= 15 is 0 Å². The van der Waals surface area contributed by atoms with Crippen LogP contribution in [0.25, 0.3) is 0 Å². The molecule has 0 bridgehead atoms. The Morgan fingerprint density at radius 1 is 1.27 bits per heavy atom. The fraction of sp³-hybridized carbons (Fsp3) is 0.133. The zero-order chi connectivity index (χ0) is 16.4. The molecule has 0 spiro atoms. The lowest BCUT2D eigenvalue weighted by Gasteiger charge is -2.14. The maximum Gasteiger partial charge on any atom is 0.183 e. The maximum atomic E-state index is 14.1. The molecule has 0 aliphatic carbocycles. The van der Waals surface area contributed by atoms with E-state index in [2.05, 4.69) is 15.9 Å². The lowest BCUT2D eigenvalue weighted by molar-refractivity contribution is 0.492. The molecule has 2 nitrogen and oxygen atoms in total. The summed E-state index contributed by atoms with van der Waals surface area (Å²) in [5, 5.41) is 8.82. The summed E-state index contributed by atoms with van der Waals surface area (Å²) in [5.74, 6) is -2.84. The average Bonchev–Trinajstić information content (AvgIpc) is 2.51. The molecule has 0 aliphatic heterocycles. The number of nitrogen functional groups attached to an aromatic ring is 1. The Morgan fingerprint density at radius 3 is 2.55 bits per heavy atom. The molecule has 0 atom stereocenters. The highest BCUT2D eigenvalue weighted by Crippen LogP contribution is 2.41. The molecule has 2 aromatic carbocycles. The Balaban J connectivity index is 2.55. The number of hydrogen-bond acceptors (Lipinski definition) is 3. The summed E-state index contributed by atoms with van der Waals surface area (Å²) in [6.45, 7) is 1.77. The van der Waals surface area contributed by atoms with E-state index in [4.69, 9.17) is 11.0 Å². The third kappa shape index (κ3) is 2.94. The van der Waals surface area contributed by atoms with Crippen LogP contribution in [-0.2, 0) is 6.42 Å². The minimum absolute atomic E-state index is 0.0130. The molecule has 0 aromatic heterocycles. The topological polar surface area (TPSA) is 49.8 Å². The molecule has 2 aromatic rings. The second kappa shape index (κ2) is 6.63. The van der Waals surface area contributed by atoms with Crippen molar-refractivity contribution in [1.29, 1.82) is 5.26 Å². The number of rotatable bonds is 3. The minimum Gasteiger partial charge on any atom is -0.396 e. The van der Waals surface area contributed by atoms with Gasteiger partial charge in [-0.25, -0.2) is 13.2 Å². The Bertz CT molecular complexity index is 788. The van der Waals surface area contributed by atoms with Gasteiger partial charge >= 0.3 is 0 Å². The van der Waals surface area contributed by atoms with E-state index in [1.165, 1.54) is 12.1 Å². The standard InChI is InChI=1S/C15H10BrF3N2S/c1-2-9-11(16)15(13(19)12(18)14(9)21)22-8-3-4-10(17)7(5-8)6-20/h3-5H,2,21H2,1H3. The van der Waals surface area contributed by atoms with Crippen molar-refractivity contribution in [2.45, 2.75) is 23.1 Å². The van der Waals surface area contributed by atoms with Crippen LogP contribution in [0.4, 0.5) is 18.9 Å². The summed E-state index contributed by atoms with van der Waals surface area (Å²) in [7, 11) is 0. The SMILES string of the molecule is CCc1c(N)c(F)c(F)c(Sc2ccc(F)c(C#N)c2)c1Br. The van der Waals surface area contributed by atoms with Crippen molar-refractivity contribution in [1.82, 2.24) is 0 Å². The number of nitriles is 1. The molecule has 22 heavy (non-hydrogen) atoms.